The van der Waals surface area contributed by atoms with Gasteiger partial charge in [0.25, 0.3) is 0 Å². The Labute approximate surface area is 54.5 Å². The van der Waals surface area contributed by atoms with Crippen LogP contribution in [0.2, 0.25) is 0 Å². The van der Waals surface area contributed by atoms with Gasteiger partial charge < -0.3 is 15.4 Å². The van der Waals surface area contributed by atoms with Gasteiger partial charge in [-0.3, -0.25) is 0 Å². The van der Waals surface area contributed by atoms with Gasteiger partial charge in [0.1, 0.15) is 0 Å². The van der Waals surface area contributed by atoms with E-state index in [4.69, 9.17) is 0 Å². The van der Waals surface area contributed by atoms with E-state index >= 15 is 0 Å². The summed E-state index contributed by atoms with van der Waals surface area (Å²) in [4.78, 5) is 0. The van der Waals surface area contributed by atoms with E-state index in [0.29, 0.717) is 0 Å². The van der Waals surface area contributed by atoms with Gasteiger partial charge in [0, 0.05) is 17.3 Å². The van der Waals surface area contributed by atoms with Crippen molar-refractivity contribution in [3.05, 3.63) is 11.9 Å². The predicted molar refractivity (Wildman–Crippen MR) is 34.1 cm³/mol. The van der Waals surface area contributed by atoms with Crippen LogP contribution in [0.3, 0.4) is 0 Å². The summed E-state index contributed by atoms with van der Waals surface area (Å²) in [5, 5.41) is 10.9. The van der Waals surface area contributed by atoms with Crippen LogP contribution in [0.4, 0.5) is 0 Å². The highest BCUT2D eigenvalue weighted by Gasteiger charge is 2.12. The van der Waals surface area contributed by atoms with Gasteiger partial charge in [0.05, 0.1) is 0 Å². The molecule has 0 fully saturated rings. The lowest BCUT2D eigenvalue weighted by atomic mass is 9.93. The van der Waals surface area contributed by atoms with Crippen molar-refractivity contribution in [3.8, 4) is 0 Å². The normalized spacial score (nSPS) is 11.9. The molecular formula is C6H10N3-. The molecule has 0 amide bonds. The van der Waals surface area contributed by atoms with Crippen molar-refractivity contribution in [2.45, 2.75) is 26.2 Å². The highest BCUT2D eigenvalue weighted by Crippen LogP contribution is 2.17. The number of aromatic nitrogens is 3. The average Bonchev–Trinajstić information content (AvgIpc) is 2.08. The molecule has 3 nitrogen and oxygen atoms in total. The summed E-state index contributed by atoms with van der Waals surface area (Å²) in [5.74, 6) is 0. The summed E-state index contributed by atoms with van der Waals surface area (Å²) in [7, 11) is 0. The Bertz CT molecular complexity index is 171. The summed E-state index contributed by atoms with van der Waals surface area (Å²) >= 11 is 0. The van der Waals surface area contributed by atoms with Gasteiger partial charge in [0.15, 0.2) is 0 Å². The fraction of sp³-hybridized carbons (Fsp3) is 0.667. The van der Waals surface area contributed by atoms with Gasteiger partial charge in [-0.1, -0.05) is 20.8 Å². The van der Waals surface area contributed by atoms with Crippen molar-refractivity contribution >= 4 is 0 Å². The molecule has 0 aliphatic rings. The van der Waals surface area contributed by atoms with Gasteiger partial charge >= 0.3 is 0 Å². The summed E-state index contributed by atoms with van der Waals surface area (Å²) in [5.41, 5.74) is 1.03. The zero-order valence-electron chi connectivity index (χ0n) is 5.92. The smallest absolute Gasteiger partial charge is 0.0410 e. The number of hydrogen-bond acceptors (Lipinski definition) is 2. The van der Waals surface area contributed by atoms with Crippen molar-refractivity contribution in [1.29, 1.82) is 0 Å². The lowest BCUT2D eigenvalue weighted by Gasteiger charge is -2.15. The molecule has 0 aliphatic carbocycles. The molecule has 0 N–H and O–H groups in total. The van der Waals surface area contributed by atoms with Crippen molar-refractivity contribution in [2.75, 3.05) is 0 Å². The van der Waals surface area contributed by atoms with Crippen LogP contribution in [-0.2, 0) is 5.41 Å². The highest BCUT2D eigenvalue weighted by molar-refractivity contribution is 5.04. The molecule has 3 heteroatoms. The standard InChI is InChI=1S/C6H10N3/c1-6(2,3)5-4-7-9-8-5/h4H,1-3H3/q-1. The number of hydrogen-bond donors (Lipinski definition) is 0. The van der Waals surface area contributed by atoms with E-state index in [1.807, 2.05) is 0 Å². The topological polar surface area (TPSA) is 39.9 Å². The Morgan fingerprint density at radius 3 is 2.33 bits per heavy atom. The van der Waals surface area contributed by atoms with Gasteiger partial charge in [0.2, 0.25) is 0 Å². The van der Waals surface area contributed by atoms with Crippen LogP contribution in [0.5, 0.6) is 0 Å². The van der Waals surface area contributed by atoms with E-state index in [1.165, 1.54) is 0 Å². The first-order chi connectivity index (χ1) is 4.11. The largest absolute Gasteiger partial charge is 0.493 e. The average molecular weight is 124 g/mol. The molecule has 1 heterocycles. The molecule has 0 atom stereocenters. The molecule has 50 valence electrons. The Morgan fingerprint density at radius 2 is 2.11 bits per heavy atom. The molecule has 0 unspecified atom stereocenters. The molecule has 1 aromatic rings. The Morgan fingerprint density at radius 1 is 1.44 bits per heavy atom. The SMILES string of the molecule is CC(C)(C)c1cn[n-]n1. The van der Waals surface area contributed by atoms with E-state index in [0.717, 1.165) is 5.69 Å². The molecule has 0 aliphatic heterocycles. The van der Waals surface area contributed by atoms with Crippen LogP contribution in [0.1, 0.15) is 26.5 Å². The molecule has 9 heavy (non-hydrogen) atoms. The van der Waals surface area contributed by atoms with E-state index in [1.54, 1.807) is 6.20 Å². The summed E-state index contributed by atoms with van der Waals surface area (Å²) < 4.78 is 0. The minimum absolute atomic E-state index is 0.0868. The summed E-state index contributed by atoms with van der Waals surface area (Å²) in [6.07, 6.45) is 1.69. The lowest BCUT2D eigenvalue weighted by molar-refractivity contribution is 0.566. The van der Waals surface area contributed by atoms with Crippen LogP contribution in [0.15, 0.2) is 6.20 Å². The van der Waals surface area contributed by atoms with Crippen LogP contribution in [0.25, 0.3) is 0 Å². The lowest BCUT2D eigenvalue weighted by Crippen LogP contribution is -2.11. The van der Waals surface area contributed by atoms with Crippen molar-refractivity contribution in [3.63, 3.8) is 0 Å². The third-order valence-electron chi connectivity index (χ3n) is 1.15. The molecule has 0 saturated carbocycles. The van der Waals surface area contributed by atoms with Crippen molar-refractivity contribution in [1.82, 2.24) is 15.4 Å². The second kappa shape index (κ2) is 1.83. The number of nitrogens with zero attached hydrogens (tertiary/aromatic N) is 3. The van der Waals surface area contributed by atoms with Crippen LogP contribution in [-0.4, -0.2) is 10.2 Å². The van der Waals surface area contributed by atoms with E-state index < -0.39 is 0 Å². The third kappa shape index (κ3) is 1.28. The summed E-state index contributed by atoms with van der Waals surface area (Å²) in [6.45, 7) is 6.25. The second-order valence-electron chi connectivity index (χ2n) is 3.07. The monoisotopic (exact) mass is 124 g/mol. The zero-order valence-corrected chi connectivity index (χ0v) is 5.92. The highest BCUT2D eigenvalue weighted by atomic mass is 15.3. The van der Waals surface area contributed by atoms with Gasteiger partial charge in [-0.05, 0) is 0 Å². The maximum Gasteiger partial charge on any atom is 0.0410 e. The number of rotatable bonds is 0. The first-order valence-corrected chi connectivity index (χ1v) is 2.92. The minimum atomic E-state index is 0.0868. The first-order valence-electron chi connectivity index (χ1n) is 2.92. The van der Waals surface area contributed by atoms with Crippen molar-refractivity contribution < 1.29 is 0 Å². The molecule has 0 aromatic carbocycles. The van der Waals surface area contributed by atoms with Crippen LogP contribution in [0, 0.1) is 0 Å². The van der Waals surface area contributed by atoms with Gasteiger partial charge in [-0.2, -0.15) is 0 Å². The molecule has 1 rings (SSSR count). The van der Waals surface area contributed by atoms with E-state index in [9.17, 15) is 0 Å². The van der Waals surface area contributed by atoms with Crippen LogP contribution >= 0.6 is 0 Å². The quantitative estimate of drug-likeness (QED) is 0.512. The van der Waals surface area contributed by atoms with E-state index in [-0.39, 0.29) is 5.41 Å². The zero-order chi connectivity index (χ0) is 6.91. The molecule has 0 bridgehead atoms. The molecule has 0 saturated heterocycles. The maximum absolute atomic E-state index is 3.83. The van der Waals surface area contributed by atoms with Crippen molar-refractivity contribution in [2.24, 2.45) is 0 Å². The third-order valence-corrected chi connectivity index (χ3v) is 1.15. The fourth-order valence-electron chi connectivity index (χ4n) is 0.524. The molecule has 0 radical (unpaired) electrons. The Balaban J connectivity index is 2.90. The van der Waals surface area contributed by atoms with Crippen LogP contribution < -0.4 is 5.21 Å². The molecule has 0 spiro atoms. The predicted octanol–water partition coefficient (Wildman–Crippen LogP) is 0.731. The first kappa shape index (κ1) is 6.26. The molecular weight excluding hydrogens is 114 g/mol. The van der Waals surface area contributed by atoms with Gasteiger partial charge in [-0.15, -0.1) is 0 Å². The summed E-state index contributed by atoms with van der Waals surface area (Å²) in [6, 6.07) is 0. The van der Waals surface area contributed by atoms with Gasteiger partial charge in [-0.25, -0.2) is 0 Å². The van der Waals surface area contributed by atoms with E-state index in [2.05, 4.69) is 36.2 Å². The second-order valence-corrected chi connectivity index (χ2v) is 3.07. The Hall–Kier alpha value is -0.860. The fourth-order valence-corrected chi connectivity index (χ4v) is 0.524. The minimum Gasteiger partial charge on any atom is -0.493 e. The maximum atomic E-state index is 3.83. The Kier molecular flexibility index (Phi) is 1.27. The molecule has 1 aromatic heterocycles.